The first-order valence-electron chi connectivity index (χ1n) is 22.1. The van der Waals surface area contributed by atoms with Crippen molar-refractivity contribution in [3.8, 4) is 0 Å². The smallest absolute Gasteiger partial charge is 0.294 e. The number of hydrogen-bond acceptors (Lipinski definition) is 13. The summed E-state index contributed by atoms with van der Waals surface area (Å²) >= 11 is 0. The van der Waals surface area contributed by atoms with Gasteiger partial charge in [0.25, 0.3) is 17.7 Å². The highest BCUT2D eigenvalue weighted by atomic mass is 16.5. The molecule has 19 heteroatoms. The van der Waals surface area contributed by atoms with E-state index in [2.05, 4.69) is 20.9 Å². The summed E-state index contributed by atoms with van der Waals surface area (Å²) in [6.07, 6.45) is 0.0270. The van der Waals surface area contributed by atoms with Crippen LogP contribution in [0.1, 0.15) is 37.5 Å². The summed E-state index contributed by atoms with van der Waals surface area (Å²) in [5, 5.41) is 8.22. The molecule has 3 heterocycles. The third-order valence-corrected chi connectivity index (χ3v) is 12.3. The molecular formula is C48H60N10O9. The summed E-state index contributed by atoms with van der Waals surface area (Å²) < 4.78 is 18.4. The zero-order chi connectivity index (χ0) is 48.0. The van der Waals surface area contributed by atoms with Crippen molar-refractivity contribution >= 4 is 37.0 Å². The topological polar surface area (TPSA) is 189 Å². The zero-order valence-corrected chi connectivity index (χ0v) is 38.8. The normalized spacial score (nSPS) is 19.0. The maximum absolute atomic E-state index is 13.7. The maximum atomic E-state index is 13.7. The number of carbonyl (C=O) groups is 6. The molecule has 0 radical (unpaired) electrons. The summed E-state index contributed by atoms with van der Waals surface area (Å²) in [4.78, 5) is 90.0. The fourth-order valence-electron chi connectivity index (χ4n) is 8.04. The molecule has 0 spiro atoms. The van der Waals surface area contributed by atoms with Crippen LogP contribution >= 0.6 is 0 Å². The Balaban J connectivity index is 1.32. The molecule has 3 aliphatic rings. The number of benzene rings is 3. The lowest BCUT2D eigenvalue weighted by atomic mass is 10.2. The molecule has 6 amide bonds. The van der Waals surface area contributed by atoms with Crippen LogP contribution in [0.3, 0.4) is 0 Å². The lowest BCUT2D eigenvalue weighted by Gasteiger charge is -2.45. The molecule has 0 bridgehead atoms. The van der Waals surface area contributed by atoms with Crippen LogP contribution in [0.2, 0.25) is 0 Å². The fraction of sp³-hybridized carbons (Fsp3) is 0.375. The van der Waals surface area contributed by atoms with Crippen LogP contribution in [0.4, 0.5) is 0 Å². The third kappa shape index (κ3) is 11.5. The molecule has 0 aromatic heterocycles. The molecule has 0 aliphatic carbocycles. The van der Waals surface area contributed by atoms with Crippen molar-refractivity contribution in [1.29, 1.82) is 0 Å². The monoisotopic (exact) mass is 920 g/mol. The van der Waals surface area contributed by atoms with Gasteiger partial charge in [-0.05, 0) is 37.5 Å². The minimum atomic E-state index is -0.504. The second-order valence-corrected chi connectivity index (χ2v) is 16.2. The van der Waals surface area contributed by atoms with Crippen LogP contribution in [0.15, 0.2) is 126 Å². The molecule has 3 aliphatic heterocycles. The molecule has 6 rings (SSSR count). The zero-order valence-electron chi connectivity index (χ0n) is 38.8. The number of nitrogens with one attached hydrogen (secondary N) is 3. The van der Waals surface area contributed by atoms with Crippen molar-refractivity contribution in [3.05, 3.63) is 142 Å². The average Bonchev–Trinajstić information content (AvgIpc) is 3.34. The number of ether oxygens (including phenoxy) is 3. The minimum Gasteiger partial charge on any atom is -0.480 e. The number of carbonyl (C=O) groups excluding carboxylic acids is 6. The molecule has 0 saturated carbocycles. The highest BCUT2D eigenvalue weighted by Gasteiger charge is 2.40. The largest absolute Gasteiger partial charge is 0.480 e. The molecule has 3 aromatic rings. The molecular weight excluding hydrogens is 861 g/mol. The van der Waals surface area contributed by atoms with Crippen molar-refractivity contribution in [2.45, 2.75) is 59.1 Å². The van der Waals surface area contributed by atoms with Gasteiger partial charge in [-0.25, -0.2) is 0 Å². The number of rotatable bonds is 24. The Kier molecular flexibility index (Phi) is 16.8. The number of hydrogen-bond donors (Lipinski definition) is 3. The highest BCUT2D eigenvalue weighted by molar-refractivity contribution is 5.94. The first kappa shape index (κ1) is 48.9. The van der Waals surface area contributed by atoms with Crippen molar-refractivity contribution in [1.82, 2.24) is 50.2 Å². The van der Waals surface area contributed by atoms with Crippen LogP contribution in [0.5, 0.6) is 0 Å². The van der Waals surface area contributed by atoms with Gasteiger partial charge in [0.2, 0.25) is 36.5 Å². The maximum Gasteiger partial charge on any atom is 0.294 e. The highest BCUT2D eigenvalue weighted by Crippen LogP contribution is 2.28. The number of nitrogens with zero attached hydrogens (tertiary/aromatic N) is 7. The van der Waals surface area contributed by atoms with Gasteiger partial charge < -0.3 is 59.6 Å². The van der Waals surface area contributed by atoms with Crippen LogP contribution in [-0.4, -0.2) is 150 Å². The Morgan fingerprint density at radius 2 is 0.716 bits per heavy atom. The van der Waals surface area contributed by atoms with Gasteiger partial charge in [-0.15, -0.1) is 0 Å². The predicted molar refractivity (Wildman–Crippen MR) is 246 cm³/mol. The average molecular weight is 921 g/mol. The molecule has 356 valence electrons. The van der Waals surface area contributed by atoms with Gasteiger partial charge in [0.05, 0.1) is 0 Å². The quantitative estimate of drug-likeness (QED) is 0.111. The molecule has 0 saturated heterocycles. The van der Waals surface area contributed by atoms with Gasteiger partial charge in [0.1, 0.15) is 38.3 Å². The summed E-state index contributed by atoms with van der Waals surface area (Å²) in [6.45, 7) is 7.75. The van der Waals surface area contributed by atoms with Crippen LogP contribution in [0, 0.1) is 0 Å². The van der Waals surface area contributed by atoms with E-state index in [0.29, 0.717) is 38.9 Å². The van der Waals surface area contributed by atoms with Crippen LogP contribution in [0.25, 0.3) is 0 Å². The van der Waals surface area contributed by atoms with E-state index in [4.69, 9.17) is 14.2 Å². The van der Waals surface area contributed by atoms with Gasteiger partial charge in [-0.3, -0.25) is 33.7 Å². The first-order chi connectivity index (χ1) is 32.4. The number of amides is 6. The van der Waals surface area contributed by atoms with Gasteiger partial charge in [-0.1, -0.05) is 91.0 Å². The lowest BCUT2D eigenvalue weighted by Crippen LogP contribution is -2.58. The van der Waals surface area contributed by atoms with Gasteiger partial charge in [-0.2, -0.15) is 0 Å². The lowest BCUT2D eigenvalue weighted by molar-refractivity contribution is -0.139. The van der Waals surface area contributed by atoms with E-state index in [1.807, 2.05) is 126 Å². The summed E-state index contributed by atoms with van der Waals surface area (Å²) in [6, 6.07) is 28.1. The molecule has 19 nitrogen and oxygen atoms in total. The second kappa shape index (κ2) is 23.1. The van der Waals surface area contributed by atoms with E-state index in [1.54, 1.807) is 35.8 Å². The molecule has 0 fully saturated rings. The first-order valence-corrected chi connectivity index (χ1v) is 22.1. The standard InChI is InChI=1S/C48H60N10O9/c1-34-52(4)46(62)40(65-28-37-16-10-7-11-17-37)43(49-31-59)56(34)25-22-55(23-26-57-35(2)53(5)47(63)41(44(57)50-32-60)66-29-38-18-12-8-13-19-38)24-27-58-36(3)54(6)48(64)42(45(58)51-33-61)67-30-39-20-14-9-15-21-39/h7-21,31-36H,22-30H2,1-6H3,(H,49,59)(H,50,60)(H,51,61). The van der Waals surface area contributed by atoms with E-state index < -0.39 is 36.2 Å². The van der Waals surface area contributed by atoms with Gasteiger partial charge in [0.15, 0.2) is 17.5 Å². The Hall–Kier alpha value is -7.54. The summed E-state index contributed by atoms with van der Waals surface area (Å²) in [5.74, 6) is -0.551. The fourth-order valence-corrected chi connectivity index (χ4v) is 8.04. The Labute approximate surface area is 391 Å². The van der Waals surface area contributed by atoms with Crippen molar-refractivity contribution in [3.63, 3.8) is 0 Å². The Morgan fingerprint density at radius 1 is 0.463 bits per heavy atom. The van der Waals surface area contributed by atoms with Gasteiger partial charge >= 0.3 is 0 Å². The van der Waals surface area contributed by atoms with E-state index in [-0.39, 0.29) is 74.2 Å². The molecule has 67 heavy (non-hydrogen) atoms. The Bertz CT molecular complexity index is 2060. The summed E-state index contributed by atoms with van der Waals surface area (Å²) in [7, 11) is 5.01. The Morgan fingerprint density at radius 3 is 0.955 bits per heavy atom. The van der Waals surface area contributed by atoms with Crippen LogP contribution in [-0.2, 0) is 62.8 Å². The second-order valence-electron chi connectivity index (χ2n) is 16.2. The van der Waals surface area contributed by atoms with Crippen LogP contribution < -0.4 is 16.0 Å². The van der Waals surface area contributed by atoms with Crippen molar-refractivity contribution < 1.29 is 43.0 Å². The molecule has 3 atom stereocenters. The third-order valence-electron chi connectivity index (χ3n) is 12.3. The van der Waals surface area contributed by atoms with E-state index in [0.717, 1.165) is 16.7 Å². The summed E-state index contributed by atoms with van der Waals surface area (Å²) in [5.41, 5.74) is 2.51. The van der Waals surface area contributed by atoms with Crippen molar-refractivity contribution in [2.24, 2.45) is 0 Å². The number of likely N-dealkylation sites (N-methyl/N-ethyl adjacent to an activating group) is 3. The molecule has 3 N–H and O–H groups in total. The van der Waals surface area contributed by atoms with E-state index in [9.17, 15) is 28.8 Å². The van der Waals surface area contributed by atoms with Gasteiger partial charge in [0, 0.05) is 60.4 Å². The SMILES string of the molecule is CC1N(C)C(=O)C(OCc2ccccc2)=C(NC=O)N1CCN(CCN1C(NC=O)=C(OCc2ccccc2)C(=O)N(C)C1C)CCN1C(NC=O)=C(OCc2ccccc2)C(=O)N(C)C1C. The molecule has 3 unspecified atom stereocenters. The van der Waals surface area contributed by atoms with E-state index >= 15 is 0 Å². The predicted octanol–water partition coefficient (Wildman–Crippen LogP) is 2.04. The van der Waals surface area contributed by atoms with E-state index in [1.165, 1.54) is 0 Å². The molecule has 3 aromatic carbocycles. The van der Waals surface area contributed by atoms with Crippen molar-refractivity contribution in [2.75, 3.05) is 60.4 Å². The minimum absolute atomic E-state index is 0.0108.